The Morgan fingerprint density at radius 2 is 1.91 bits per heavy atom. The molecule has 0 spiro atoms. The lowest BCUT2D eigenvalue weighted by atomic mass is 10.1. The Bertz CT molecular complexity index is 777. The summed E-state index contributed by atoms with van der Waals surface area (Å²) in [5.74, 6) is 1.58. The molecule has 3 rings (SSSR count). The van der Waals surface area contributed by atoms with E-state index in [2.05, 4.69) is 0 Å². The number of ether oxygens (including phenoxy) is 3. The summed E-state index contributed by atoms with van der Waals surface area (Å²) in [6, 6.07) is 9.68. The molecule has 112 valence electrons. The molecule has 22 heavy (non-hydrogen) atoms. The van der Waals surface area contributed by atoms with Crippen molar-refractivity contribution in [2.75, 3.05) is 14.2 Å². The van der Waals surface area contributed by atoms with Crippen molar-refractivity contribution in [3.05, 3.63) is 53.3 Å². The van der Waals surface area contributed by atoms with Crippen molar-refractivity contribution in [2.24, 2.45) is 0 Å². The predicted octanol–water partition coefficient (Wildman–Crippen LogP) is 3.03. The van der Waals surface area contributed by atoms with Gasteiger partial charge in [0.05, 0.1) is 19.8 Å². The van der Waals surface area contributed by atoms with Crippen LogP contribution in [-0.2, 0) is 0 Å². The van der Waals surface area contributed by atoms with Gasteiger partial charge in [0, 0.05) is 11.6 Å². The molecule has 1 heterocycles. The molecular formula is C17H14O5. The molecule has 0 bridgehead atoms. The second-order valence-corrected chi connectivity index (χ2v) is 4.73. The number of Topliss-reactive ketones (excluding diaryl/α,β-unsaturated/α-hetero) is 1. The molecule has 1 aliphatic rings. The minimum atomic E-state index is -0.236. The van der Waals surface area contributed by atoms with E-state index in [1.807, 2.05) is 0 Å². The Labute approximate surface area is 127 Å². The van der Waals surface area contributed by atoms with Crippen LogP contribution in [0.4, 0.5) is 0 Å². The van der Waals surface area contributed by atoms with Crippen LogP contribution < -0.4 is 14.2 Å². The van der Waals surface area contributed by atoms with Gasteiger partial charge in [-0.15, -0.1) is 0 Å². The summed E-state index contributed by atoms with van der Waals surface area (Å²) in [4.78, 5) is 12.3. The van der Waals surface area contributed by atoms with E-state index in [9.17, 15) is 9.90 Å². The van der Waals surface area contributed by atoms with Crippen LogP contribution in [-0.4, -0.2) is 25.1 Å². The summed E-state index contributed by atoms with van der Waals surface area (Å²) in [6.07, 6.45) is 1.60. The first-order valence-corrected chi connectivity index (χ1v) is 6.61. The van der Waals surface area contributed by atoms with Gasteiger partial charge in [0.15, 0.2) is 5.76 Å². The summed E-state index contributed by atoms with van der Waals surface area (Å²) < 4.78 is 16.0. The van der Waals surface area contributed by atoms with Gasteiger partial charge in [0.1, 0.15) is 23.0 Å². The topological polar surface area (TPSA) is 65.0 Å². The van der Waals surface area contributed by atoms with E-state index in [-0.39, 0.29) is 17.3 Å². The second-order valence-electron chi connectivity index (χ2n) is 4.73. The molecular weight excluding hydrogens is 284 g/mol. The van der Waals surface area contributed by atoms with Gasteiger partial charge in [-0.05, 0) is 36.4 Å². The summed E-state index contributed by atoms with van der Waals surface area (Å²) in [7, 11) is 3.11. The number of rotatable bonds is 3. The van der Waals surface area contributed by atoms with Crippen LogP contribution in [0.1, 0.15) is 15.9 Å². The summed E-state index contributed by atoms with van der Waals surface area (Å²) in [6.45, 7) is 0. The predicted molar refractivity (Wildman–Crippen MR) is 80.6 cm³/mol. The number of ketones is 1. The van der Waals surface area contributed by atoms with Crippen molar-refractivity contribution >= 4 is 11.9 Å². The van der Waals surface area contributed by atoms with Gasteiger partial charge in [-0.2, -0.15) is 0 Å². The maximum atomic E-state index is 12.3. The number of phenolic OH excluding ortho intramolecular Hbond substituents is 1. The van der Waals surface area contributed by atoms with Crippen molar-refractivity contribution in [3.63, 3.8) is 0 Å². The Kier molecular flexibility index (Phi) is 3.47. The van der Waals surface area contributed by atoms with Crippen LogP contribution >= 0.6 is 0 Å². The molecule has 2 aromatic rings. The molecule has 0 aliphatic carbocycles. The lowest BCUT2D eigenvalue weighted by molar-refractivity contribution is 0.101. The minimum Gasteiger partial charge on any atom is -0.508 e. The highest BCUT2D eigenvalue weighted by atomic mass is 16.5. The molecule has 0 saturated carbocycles. The van der Waals surface area contributed by atoms with Crippen LogP contribution in [0.5, 0.6) is 23.0 Å². The highest BCUT2D eigenvalue weighted by molar-refractivity contribution is 6.14. The van der Waals surface area contributed by atoms with Crippen LogP contribution in [0.3, 0.4) is 0 Å². The van der Waals surface area contributed by atoms with E-state index in [1.165, 1.54) is 18.2 Å². The van der Waals surface area contributed by atoms with Gasteiger partial charge in [-0.1, -0.05) is 0 Å². The van der Waals surface area contributed by atoms with Crippen LogP contribution in [0.2, 0.25) is 0 Å². The molecule has 0 aromatic heterocycles. The first-order chi connectivity index (χ1) is 10.6. The quantitative estimate of drug-likeness (QED) is 0.882. The fourth-order valence-corrected chi connectivity index (χ4v) is 2.27. The molecule has 2 aromatic carbocycles. The lowest BCUT2D eigenvalue weighted by Gasteiger charge is -2.07. The highest BCUT2D eigenvalue weighted by Crippen LogP contribution is 2.35. The molecule has 0 fully saturated rings. The van der Waals surface area contributed by atoms with Crippen molar-refractivity contribution in [2.45, 2.75) is 0 Å². The number of fused-ring (bicyclic) bond motifs is 1. The molecule has 5 nitrogen and oxygen atoms in total. The molecule has 0 amide bonds. The van der Waals surface area contributed by atoms with Gasteiger partial charge < -0.3 is 19.3 Å². The average molecular weight is 298 g/mol. The van der Waals surface area contributed by atoms with Gasteiger partial charge in [0.2, 0.25) is 5.78 Å². The number of carbonyl (C=O) groups excluding carboxylic acids is 1. The van der Waals surface area contributed by atoms with Crippen LogP contribution in [0.25, 0.3) is 6.08 Å². The zero-order valence-electron chi connectivity index (χ0n) is 12.1. The normalized spacial score (nSPS) is 14.6. The van der Waals surface area contributed by atoms with E-state index in [4.69, 9.17) is 14.2 Å². The maximum absolute atomic E-state index is 12.3. The summed E-state index contributed by atoms with van der Waals surface area (Å²) in [5.41, 5.74) is 1.09. The Balaban J connectivity index is 2.02. The number of aromatic hydroxyl groups is 1. The third kappa shape index (κ3) is 2.37. The van der Waals surface area contributed by atoms with Crippen molar-refractivity contribution in [1.29, 1.82) is 0 Å². The first kappa shape index (κ1) is 14.0. The SMILES string of the molecule is COc1ccc(OC)c(/C=C2/Oc3cc(O)ccc3C2=O)c1. The zero-order valence-corrected chi connectivity index (χ0v) is 12.1. The summed E-state index contributed by atoms with van der Waals surface area (Å²) in [5, 5.41) is 9.46. The van der Waals surface area contributed by atoms with Gasteiger partial charge in [-0.3, -0.25) is 4.79 Å². The van der Waals surface area contributed by atoms with Crippen molar-refractivity contribution < 1.29 is 24.1 Å². The fourth-order valence-electron chi connectivity index (χ4n) is 2.27. The van der Waals surface area contributed by atoms with E-state index >= 15 is 0 Å². The van der Waals surface area contributed by atoms with E-state index < -0.39 is 0 Å². The fraction of sp³-hybridized carbons (Fsp3) is 0.118. The third-order valence-electron chi connectivity index (χ3n) is 3.38. The summed E-state index contributed by atoms with van der Waals surface area (Å²) >= 11 is 0. The molecule has 0 atom stereocenters. The largest absolute Gasteiger partial charge is 0.508 e. The second kappa shape index (κ2) is 5.44. The third-order valence-corrected chi connectivity index (χ3v) is 3.38. The van der Waals surface area contributed by atoms with E-state index in [0.29, 0.717) is 28.4 Å². The highest BCUT2D eigenvalue weighted by Gasteiger charge is 2.27. The zero-order chi connectivity index (χ0) is 15.7. The lowest BCUT2D eigenvalue weighted by Crippen LogP contribution is -1.99. The first-order valence-electron chi connectivity index (χ1n) is 6.61. The number of hydrogen-bond acceptors (Lipinski definition) is 5. The molecule has 1 aliphatic heterocycles. The molecule has 1 N–H and O–H groups in total. The standard InChI is InChI=1S/C17H14O5/c1-20-12-4-6-14(21-2)10(7-12)8-16-17(19)13-5-3-11(18)9-15(13)22-16/h3-9,18H,1-2H3/b16-8+. The van der Waals surface area contributed by atoms with Crippen LogP contribution in [0, 0.1) is 0 Å². The van der Waals surface area contributed by atoms with Gasteiger partial charge >= 0.3 is 0 Å². The molecule has 0 radical (unpaired) electrons. The van der Waals surface area contributed by atoms with Crippen molar-refractivity contribution in [3.8, 4) is 23.0 Å². The molecule has 0 unspecified atom stereocenters. The number of benzene rings is 2. The minimum absolute atomic E-state index is 0.0479. The number of hydrogen-bond donors (Lipinski definition) is 1. The Morgan fingerprint density at radius 1 is 1.09 bits per heavy atom. The monoisotopic (exact) mass is 298 g/mol. The number of allylic oxidation sites excluding steroid dienone is 1. The Morgan fingerprint density at radius 3 is 2.64 bits per heavy atom. The number of carbonyl (C=O) groups is 1. The van der Waals surface area contributed by atoms with Crippen molar-refractivity contribution in [1.82, 2.24) is 0 Å². The maximum Gasteiger partial charge on any atom is 0.231 e. The van der Waals surface area contributed by atoms with Crippen LogP contribution in [0.15, 0.2) is 42.2 Å². The Hall–Kier alpha value is -2.95. The van der Waals surface area contributed by atoms with Gasteiger partial charge in [-0.25, -0.2) is 0 Å². The van der Waals surface area contributed by atoms with E-state index in [0.717, 1.165) is 0 Å². The number of methoxy groups -OCH3 is 2. The average Bonchev–Trinajstić information content (AvgIpc) is 2.82. The number of phenols is 1. The molecule has 0 saturated heterocycles. The molecule has 5 heteroatoms. The van der Waals surface area contributed by atoms with E-state index in [1.54, 1.807) is 38.5 Å². The smallest absolute Gasteiger partial charge is 0.231 e. The van der Waals surface area contributed by atoms with Gasteiger partial charge in [0.25, 0.3) is 0 Å².